The van der Waals surface area contributed by atoms with Gasteiger partial charge in [0.15, 0.2) is 26.3 Å². The normalized spacial score (nSPS) is 12.4. The molecule has 0 amide bonds. The number of fused-ring (bicyclic) bond motifs is 1. The first-order valence-electron chi connectivity index (χ1n) is 19.6. The van der Waals surface area contributed by atoms with Crippen LogP contribution in [0.25, 0.3) is 11.0 Å². The molecule has 0 saturated heterocycles. The SMILES string of the molecule is COc1ccc2nc(S(=O)Cc3ncc(C)c(OC)c3C)n(S(=O)(=O)c3ccc(OCC(=O)OCCS(=O)(=O)c4ccc(C)cc4)c(C(=O)OCCS(=O)(=O)c4ccc(C)cc4)c3)c2c1. The largest absolute Gasteiger partial charge is 0.497 e. The third-order valence-corrected chi connectivity index (χ3v) is 16.4. The number of methoxy groups -OCH3 is 2. The number of benzene rings is 4. The van der Waals surface area contributed by atoms with Crippen LogP contribution in [0.4, 0.5) is 0 Å². The fraction of sp³-hybridized carbons (Fsp3) is 0.273. The molecule has 0 fully saturated rings. The molecule has 21 heteroatoms. The van der Waals surface area contributed by atoms with Crippen molar-refractivity contribution < 1.29 is 62.7 Å². The van der Waals surface area contributed by atoms with Crippen LogP contribution < -0.4 is 14.2 Å². The predicted octanol–water partition coefficient (Wildman–Crippen LogP) is 5.25. The van der Waals surface area contributed by atoms with Gasteiger partial charge in [-0.25, -0.2) is 43.8 Å². The van der Waals surface area contributed by atoms with Gasteiger partial charge in [-0.15, -0.1) is 0 Å². The van der Waals surface area contributed by atoms with E-state index in [2.05, 4.69) is 9.97 Å². The van der Waals surface area contributed by atoms with Crippen LogP contribution in [0.2, 0.25) is 0 Å². The Kier molecular flexibility index (Phi) is 14.8. The van der Waals surface area contributed by atoms with Crippen molar-refractivity contribution in [1.82, 2.24) is 13.9 Å². The molecule has 1 atom stereocenters. The molecule has 2 heterocycles. The van der Waals surface area contributed by atoms with Crippen molar-refractivity contribution in [2.24, 2.45) is 0 Å². The van der Waals surface area contributed by atoms with Crippen molar-refractivity contribution in [2.75, 3.05) is 45.5 Å². The van der Waals surface area contributed by atoms with Gasteiger partial charge >= 0.3 is 11.9 Å². The Balaban J connectivity index is 1.32. The first kappa shape index (κ1) is 48.3. The van der Waals surface area contributed by atoms with Gasteiger partial charge in [-0.05, 0) is 82.3 Å². The Labute approximate surface area is 379 Å². The van der Waals surface area contributed by atoms with Crippen molar-refractivity contribution in [3.63, 3.8) is 0 Å². The van der Waals surface area contributed by atoms with Gasteiger partial charge in [-0.2, -0.15) is 0 Å². The average molecular weight is 968 g/mol. The van der Waals surface area contributed by atoms with Gasteiger partial charge in [0.05, 0.1) is 73.7 Å². The molecule has 4 aromatic carbocycles. The zero-order chi connectivity index (χ0) is 47.3. The van der Waals surface area contributed by atoms with Crippen LogP contribution >= 0.6 is 0 Å². The third-order valence-electron chi connectivity index (χ3n) is 10.0. The summed E-state index contributed by atoms with van der Waals surface area (Å²) in [6.45, 7) is 5.07. The van der Waals surface area contributed by atoms with Crippen molar-refractivity contribution in [3.8, 4) is 17.2 Å². The lowest BCUT2D eigenvalue weighted by molar-refractivity contribution is -0.145. The predicted molar refractivity (Wildman–Crippen MR) is 239 cm³/mol. The van der Waals surface area contributed by atoms with E-state index in [9.17, 15) is 39.1 Å². The first-order chi connectivity index (χ1) is 30.7. The Morgan fingerprint density at radius 2 is 1.29 bits per heavy atom. The fourth-order valence-corrected chi connectivity index (χ4v) is 11.7. The summed E-state index contributed by atoms with van der Waals surface area (Å²) in [7, 11) is -11.9. The lowest BCUT2D eigenvalue weighted by Crippen LogP contribution is -2.22. The lowest BCUT2D eigenvalue weighted by atomic mass is 10.1. The summed E-state index contributed by atoms with van der Waals surface area (Å²) >= 11 is 0. The zero-order valence-corrected chi connectivity index (χ0v) is 39.4. The second-order valence-corrected chi connectivity index (χ2v) is 22.0. The summed E-state index contributed by atoms with van der Waals surface area (Å²) in [5, 5.41) is -0.383. The molecule has 6 rings (SSSR count). The van der Waals surface area contributed by atoms with Crippen LogP contribution in [0.15, 0.2) is 111 Å². The highest BCUT2D eigenvalue weighted by molar-refractivity contribution is 7.92. The summed E-state index contributed by atoms with van der Waals surface area (Å²) in [6, 6.07) is 19.6. The molecule has 0 aliphatic rings. The molecule has 0 spiro atoms. The van der Waals surface area contributed by atoms with Gasteiger partial charge in [0.2, 0.25) is 5.16 Å². The lowest BCUT2D eigenvalue weighted by Gasteiger charge is -2.15. The minimum atomic E-state index is -4.83. The zero-order valence-electron chi connectivity index (χ0n) is 36.1. The number of carbonyl (C=O) groups excluding carboxylic acids is 2. The smallest absolute Gasteiger partial charge is 0.344 e. The van der Waals surface area contributed by atoms with Gasteiger partial charge in [0.25, 0.3) is 10.0 Å². The molecule has 2 aromatic heterocycles. The van der Waals surface area contributed by atoms with E-state index in [4.69, 9.17) is 23.7 Å². The molecule has 1 unspecified atom stereocenters. The molecule has 0 saturated carbocycles. The molecule has 344 valence electrons. The molecule has 0 radical (unpaired) electrons. The number of aromatic nitrogens is 3. The number of hydrogen-bond acceptors (Lipinski definition) is 16. The van der Waals surface area contributed by atoms with E-state index in [1.54, 1.807) is 64.2 Å². The maximum absolute atomic E-state index is 14.8. The van der Waals surface area contributed by atoms with Crippen LogP contribution in [-0.4, -0.2) is 101 Å². The van der Waals surface area contributed by atoms with E-state index < -0.39 is 94.2 Å². The number of aryl methyl sites for hydroxylation is 3. The maximum atomic E-state index is 14.8. The number of ether oxygens (including phenoxy) is 5. The minimum absolute atomic E-state index is 0.00808. The number of esters is 2. The second-order valence-electron chi connectivity index (χ2n) is 14.6. The Hall–Kier alpha value is -6.16. The van der Waals surface area contributed by atoms with E-state index in [1.807, 2.05) is 0 Å². The number of hydrogen-bond donors (Lipinski definition) is 0. The van der Waals surface area contributed by atoms with Crippen LogP contribution in [0.3, 0.4) is 0 Å². The number of sulfone groups is 2. The average Bonchev–Trinajstić information content (AvgIpc) is 3.67. The quantitative estimate of drug-likeness (QED) is 0.0944. The summed E-state index contributed by atoms with van der Waals surface area (Å²) in [5.74, 6) is -3.26. The molecule has 0 aliphatic carbocycles. The van der Waals surface area contributed by atoms with Crippen LogP contribution in [0.5, 0.6) is 17.2 Å². The van der Waals surface area contributed by atoms with Gasteiger partial charge in [-0.3, -0.25) is 9.19 Å². The van der Waals surface area contributed by atoms with E-state index >= 15 is 0 Å². The van der Waals surface area contributed by atoms with E-state index in [0.29, 0.717) is 17.0 Å². The molecule has 0 bridgehead atoms. The van der Waals surface area contributed by atoms with Gasteiger partial charge in [0, 0.05) is 23.4 Å². The highest BCUT2D eigenvalue weighted by Gasteiger charge is 2.31. The van der Waals surface area contributed by atoms with E-state index in [-0.39, 0.29) is 43.2 Å². The molecule has 17 nitrogen and oxygen atoms in total. The van der Waals surface area contributed by atoms with Crippen LogP contribution in [-0.2, 0) is 60.5 Å². The summed E-state index contributed by atoms with van der Waals surface area (Å²) in [6.07, 6.45) is 1.54. The van der Waals surface area contributed by atoms with Crippen LogP contribution in [0.1, 0.15) is 38.3 Å². The number of nitrogens with zero attached hydrogens (tertiary/aromatic N) is 3. The monoisotopic (exact) mass is 967 g/mol. The standard InChI is InChI=1S/C44H45N3O14S4/c1-28-7-12-33(13-8-28)63(51,52)21-19-59-41(48)26-61-40-18-16-35(24-36(40)43(49)60-20-22-64(53,54)34-14-9-29(2)10-15-34)65(55,56)47-39-23-32(57-5)11-17-37(39)46-44(47)62(50)27-38-31(4)42(58-6)30(3)25-45-38/h7-18,23-25H,19-22,26-27H2,1-6H3. The van der Waals surface area contributed by atoms with Crippen LogP contribution in [0, 0.1) is 27.7 Å². The van der Waals surface area contributed by atoms with Gasteiger partial charge < -0.3 is 23.7 Å². The van der Waals surface area contributed by atoms with E-state index in [0.717, 1.165) is 38.9 Å². The molecule has 65 heavy (non-hydrogen) atoms. The highest BCUT2D eigenvalue weighted by Crippen LogP contribution is 2.32. The number of imidazole rings is 1. The van der Waals surface area contributed by atoms with Crippen molar-refractivity contribution in [3.05, 3.63) is 125 Å². The van der Waals surface area contributed by atoms with Crippen molar-refractivity contribution >= 4 is 63.5 Å². The summed E-state index contributed by atoms with van der Waals surface area (Å²) < 4.78 is 123. The van der Waals surface area contributed by atoms with Crippen molar-refractivity contribution in [2.45, 2.75) is 53.3 Å². The molecule has 6 aromatic rings. The Morgan fingerprint density at radius 3 is 1.88 bits per heavy atom. The number of rotatable bonds is 19. The topological polar surface area (TPSA) is 230 Å². The number of carbonyl (C=O) groups is 2. The molecule has 0 N–H and O–H groups in total. The van der Waals surface area contributed by atoms with Gasteiger partial charge in [-0.1, -0.05) is 35.4 Å². The maximum Gasteiger partial charge on any atom is 0.344 e. The molecule has 0 aliphatic heterocycles. The third kappa shape index (κ3) is 11.0. The minimum Gasteiger partial charge on any atom is -0.497 e. The highest BCUT2D eigenvalue weighted by atomic mass is 32.2. The second kappa shape index (κ2) is 19.9. The first-order valence-corrected chi connectivity index (χ1v) is 25.7. The van der Waals surface area contributed by atoms with Crippen molar-refractivity contribution in [1.29, 1.82) is 0 Å². The summed E-state index contributed by atoms with van der Waals surface area (Å²) in [4.78, 5) is 34.9. The molecular weight excluding hydrogens is 923 g/mol. The summed E-state index contributed by atoms with van der Waals surface area (Å²) in [5.41, 5.74) is 2.96. The van der Waals surface area contributed by atoms with E-state index in [1.165, 1.54) is 50.6 Å². The Bertz CT molecular complexity index is 3130. The fourth-order valence-electron chi connectivity index (χ4n) is 6.47. The molecular formula is C44H45N3O14S4. The Morgan fingerprint density at radius 1 is 0.708 bits per heavy atom. The van der Waals surface area contributed by atoms with Gasteiger partial charge in [0.1, 0.15) is 36.0 Å². The number of pyridine rings is 1.